The van der Waals surface area contributed by atoms with E-state index in [1.54, 1.807) is 12.1 Å². The summed E-state index contributed by atoms with van der Waals surface area (Å²) in [5.41, 5.74) is -0.806. The van der Waals surface area contributed by atoms with Crippen LogP contribution in [0.5, 0.6) is 11.5 Å². The largest absolute Gasteiger partial charge is 0.454 e. The molecule has 6 nitrogen and oxygen atoms in total. The second kappa shape index (κ2) is 6.09. The lowest BCUT2D eigenvalue weighted by Crippen LogP contribution is -2.41. The molecule has 0 aliphatic carbocycles. The average molecular weight is 395 g/mol. The van der Waals surface area contributed by atoms with Gasteiger partial charge in [-0.3, -0.25) is 9.69 Å². The first-order valence-electron chi connectivity index (χ1n) is 7.97. The molecule has 27 heavy (non-hydrogen) atoms. The maximum atomic E-state index is 13.6. The molecule has 0 saturated carbocycles. The van der Waals surface area contributed by atoms with Crippen LogP contribution in [0.1, 0.15) is 18.1 Å². The number of imide groups is 1. The zero-order valence-corrected chi connectivity index (χ0v) is 14.8. The molecule has 9 heteroatoms. The maximum absolute atomic E-state index is 13.6. The van der Waals surface area contributed by atoms with E-state index >= 15 is 0 Å². The molecule has 0 spiro atoms. The Bertz CT molecular complexity index is 984. The van der Waals surface area contributed by atoms with Gasteiger partial charge >= 0.3 is 6.03 Å². The summed E-state index contributed by atoms with van der Waals surface area (Å²) in [6, 6.07) is 5.62. The Balaban J connectivity index is 1.63. The quantitative estimate of drug-likeness (QED) is 0.811. The van der Waals surface area contributed by atoms with E-state index in [9.17, 15) is 18.4 Å². The zero-order chi connectivity index (χ0) is 19.3. The highest BCUT2D eigenvalue weighted by atomic mass is 35.5. The monoisotopic (exact) mass is 394 g/mol. The van der Waals surface area contributed by atoms with Crippen LogP contribution >= 0.6 is 11.6 Å². The minimum Gasteiger partial charge on any atom is -0.454 e. The molecular formula is C18H13ClF2N2O4. The number of carbonyl (C=O) groups excluding carboxylic acids is 2. The van der Waals surface area contributed by atoms with Crippen molar-refractivity contribution >= 4 is 23.5 Å². The van der Waals surface area contributed by atoms with E-state index in [2.05, 4.69) is 5.32 Å². The minimum atomic E-state index is -1.51. The van der Waals surface area contributed by atoms with Gasteiger partial charge in [0.1, 0.15) is 5.54 Å². The Morgan fingerprint density at radius 1 is 1.19 bits per heavy atom. The highest BCUT2D eigenvalue weighted by Crippen LogP contribution is 2.40. The van der Waals surface area contributed by atoms with Crippen LogP contribution in [0.25, 0.3) is 0 Å². The summed E-state index contributed by atoms with van der Waals surface area (Å²) in [4.78, 5) is 26.3. The van der Waals surface area contributed by atoms with Gasteiger partial charge in [0.15, 0.2) is 23.1 Å². The molecular weight excluding hydrogens is 382 g/mol. The molecule has 2 aromatic rings. The van der Waals surface area contributed by atoms with Crippen molar-refractivity contribution in [1.29, 1.82) is 0 Å². The molecule has 1 saturated heterocycles. The number of rotatable bonds is 3. The number of hydrogen-bond acceptors (Lipinski definition) is 4. The van der Waals surface area contributed by atoms with Crippen molar-refractivity contribution in [2.24, 2.45) is 0 Å². The fourth-order valence-corrected chi connectivity index (χ4v) is 3.43. The highest BCUT2D eigenvalue weighted by Gasteiger charge is 2.49. The molecule has 0 aromatic heterocycles. The van der Waals surface area contributed by atoms with Crippen molar-refractivity contribution in [1.82, 2.24) is 10.2 Å². The maximum Gasteiger partial charge on any atom is 0.325 e. The summed E-state index contributed by atoms with van der Waals surface area (Å²) in [6.45, 7) is 1.41. The predicted octanol–water partition coefficient (Wildman–Crippen LogP) is 3.31. The fourth-order valence-electron chi connectivity index (χ4n) is 3.14. The van der Waals surface area contributed by atoms with E-state index < -0.39 is 29.1 Å². The molecule has 1 N–H and O–H groups in total. The normalized spacial score (nSPS) is 21.0. The second-order valence-corrected chi connectivity index (χ2v) is 6.79. The van der Waals surface area contributed by atoms with Crippen molar-refractivity contribution in [3.05, 3.63) is 58.1 Å². The number of urea groups is 1. The molecule has 4 rings (SSSR count). The third-order valence-corrected chi connectivity index (χ3v) is 4.88. The summed E-state index contributed by atoms with van der Waals surface area (Å²) in [6.07, 6.45) is 0. The Labute approximate surface area is 157 Å². The van der Waals surface area contributed by atoms with Crippen LogP contribution in [0.15, 0.2) is 30.3 Å². The lowest BCUT2D eigenvalue weighted by molar-refractivity contribution is -0.131. The molecule has 0 bridgehead atoms. The number of carbonyl (C=O) groups is 2. The molecule has 2 aliphatic rings. The van der Waals surface area contributed by atoms with Gasteiger partial charge in [0.05, 0.1) is 11.6 Å². The van der Waals surface area contributed by atoms with E-state index in [1.807, 2.05) is 0 Å². The van der Waals surface area contributed by atoms with Crippen LogP contribution in [0.4, 0.5) is 13.6 Å². The van der Waals surface area contributed by atoms with Gasteiger partial charge in [0, 0.05) is 0 Å². The first kappa shape index (κ1) is 17.5. The van der Waals surface area contributed by atoms with Gasteiger partial charge in [-0.05, 0) is 42.3 Å². The molecule has 140 valence electrons. The molecule has 3 amide bonds. The van der Waals surface area contributed by atoms with E-state index in [4.69, 9.17) is 21.1 Å². The number of nitrogens with zero attached hydrogens (tertiary/aromatic N) is 1. The van der Waals surface area contributed by atoms with Crippen LogP contribution in [0, 0.1) is 11.6 Å². The van der Waals surface area contributed by atoms with Crippen molar-refractivity contribution in [2.75, 3.05) is 6.79 Å². The Hall–Kier alpha value is -2.87. The summed E-state index contributed by atoms with van der Waals surface area (Å²) in [5, 5.41) is 2.84. The Morgan fingerprint density at radius 3 is 2.70 bits per heavy atom. The molecule has 0 unspecified atom stereocenters. The Kier molecular flexibility index (Phi) is 3.96. The number of amides is 3. The van der Waals surface area contributed by atoms with Gasteiger partial charge in [-0.25, -0.2) is 13.6 Å². The predicted molar refractivity (Wildman–Crippen MR) is 90.4 cm³/mol. The van der Waals surface area contributed by atoms with Gasteiger partial charge in [-0.2, -0.15) is 0 Å². The lowest BCUT2D eigenvalue weighted by Gasteiger charge is -2.22. The van der Waals surface area contributed by atoms with Crippen molar-refractivity contribution < 1.29 is 27.8 Å². The van der Waals surface area contributed by atoms with Gasteiger partial charge < -0.3 is 14.8 Å². The number of fused-ring (bicyclic) bond motifs is 1. The molecule has 2 aromatic carbocycles. The van der Waals surface area contributed by atoms with Crippen LogP contribution in [0.2, 0.25) is 5.02 Å². The van der Waals surface area contributed by atoms with Crippen LogP contribution in [0.3, 0.4) is 0 Å². The van der Waals surface area contributed by atoms with Crippen LogP contribution < -0.4 is 14.8 Å². The van der Waals surface area contributed by atoms with Crippen molar-refractivity contribution in [3.8, 4) is 11.5 Å². The number of halogens is 3. The zero-order valence-electron chi connectivity index (χ0n) is 14.0. The van der Waals surface area contributed by atoms with Gasteiger partial charge in [0.2, 0.25) is 6.79 Å². The summed E-state index contributed by atoms with van der Waals surface area (Å²) >= 11 is 6.13. The second-order valence-electron chi connectivity index (χ2n) is 6.39. The minimum absolute atomic E-state index is 0.0375. The fraction of sp³-hybridized carbons (Fsp3) is 0.222. The van der Waals surface area contributed by atoms with Gasteiger partial charge in [-0.15, -0.1) is 0 Å². The molecule has 1 atom stereocenters. The van der Waals surface area contributed by atoms with E-state index in [0.29, 0.717) is 22.1 Å². The van der Waals surface area contributed by atoms with E-state index in [1.165, 1.54) is 13.0 Å². The first-order valence-corrected chi connectivity index (χ1v) is 8.35. The summed E-state index contributed by atoms with van der Waals surface area (Å²) < 4.78 is 37.3. The standard InChI is InChI=1S/C18H13ClF2N2O4/c1-18(10-2-3-12(20)13(21)6-10)16(24)23(17(25)22-18)7-9-4-11(19)15-14(5-9)26-8-27-15/h2-6H,7-8H2,1H3,(H,22,25)/t18-/m0/s1. The number of hydrogen-bond donors (Lipinski definition) is 1. The molecule has 2 heterocycles. The lowest BCUT2D eigenvalue weighted by atomic mass is 9.92. The smallest absolute Gasteiger partial charge is 0.325 e. The number of ether oxygens (including phenoxy) is 2. The third-order valence-electron chi connectivity index (χ3n) is 4.60. The van der Waals surface area contributed by atoms with Gasteiger partial charge in [0.25, 0.3) is 5.91 Å². The van der Waals surface area contributed by atoms with Crippen LogP contribution in [-0.2, 0) is 16.9 Å². The van der Waals surface area contributed by atoms with Crippen molar-refractivity contribution in [3.63, 3.8) is 0 Å². The van der Waals surface area contributed by atoms with E-state index in [0.717, 1.165) is 17.0 Å². The third kappa shape index (κ3) is 2.76. The van der Waals surface area contributed by atoms with Crippen molar-refractivity contribution in [2.45, 2.75) is 19.0 Å². The number of nitrogens with one attached hydrogen (secondary N) is 1. The first-order chi connectivity index (χ1) is 12.8. The molecule has 2 aliphatic heterocycles. The SMILES string of the molecule is C[C@@]1(c2ccc(F)c(F)c2)NC(=O)N(Cc2cc(Cl)c3c(c2)OCO3)C1=O. The molecule has 1 fully saturated rings. The van der Waals surface area contributed by atoms with Gasteiger partial charge in [-0.1, -0.05) is 17.7 Å². The number of benzene rings is 2. The summed E-state index contributed by atoms with van der Waals surface area (Å²) in [5.74, 6) is -1.90. The topological polar surface area (TPSA) is 67.9 Å². The Morgan fingerprint density at radius 2 is 1.96 bits per heavy atom. The summed E-state index contributed by atoms with van der Waals surface area (Å²) in [7, 11) is 0. The van der Waals surface area contributed by atoms with Crippen LogP contribution in [-0.4, -0.2) is 23.6 Å². The van der Waals surface area contributed by atoms with E-state index in [-0.39, 0.29) is 18.9 Å². The molecule has 0 radical (unpaired) electrons. The highest BCUT2D eigenvalue weighted by molar-refractivity contribution is 6.32. The average Bonchev–Trinajstić information content (AvgIpc) is 3.17.